The molecule has 1 aromatic rings. The molecular formula is C13H14F3NO3. The number of ether oxygens (including phenoxy) is 1. The Morgan fingerprint density at radius 3 is 2.70 bits per heavy atom. The summed E-state index contributed by atoms with van der Waals surface area (Å²) in [4.78, 5) is 13.1. The average molecular weight is 289 g/mol. The topological polar surface area (TPSA) is 49.8 Å². The Hall–Kier alpha value is -1.76. The molecule has 1 unspecified atom stereocenters. The van der Waals surface area contributed by atoms with Gasteiger partial charge in [0.1, 0.15) is 5.75 Å². The number of amides is 1. The van der Waals surface area contributed by atoms with Crippen molar-refractivity contribution in [2.75, 3.05) is 20.2 Å². The molecule has 1 atom stereocenters. The van der Waals surface area contributed by atoms with Gasteiger partial charge in [-0.2, -0.15) is 13.2 Å². The van der Waals surface area contributed by atoms with E-state index in [1.165, 1.54) is 19.2 Å². The number of carbonyl (C=O) groups is 1. The van der Waals surface area contributed by atoms with Crippen molar-refractivity contribution in [2.24, 2.45) is 0 Å². The third-order valence-electron chi connectivity index (χ3n) is 3.38. The van der Waals surface area contributed by atoms with Crippen LogP contribution in [0, 0.1) is 0 Å². The normalized spacial score (nSPS) is 22.9. The summed E-state index contributed by atoms with van der Waals surface area (Å²) in [5.41, 5.74) is -2.59. The molecular weight excluding hydrogens is 275 g/mol. The molecule has 0 radical (unpaired) electrons. The summed E-state index contributed by atoms with van der Waals surface area (Å²) in [7, 11) is 1.43. The van der Waals surface area contributed by atoms with Crippen molar-refractivity contribution in [1.82, 2.24) is 4.90 Å². The Morgan fingerprint density at radius 2 is 2.15 bits per heavy atom. The lowest BCUT2D eigenvalue weighted by molar-refractivity contribution is -0.253. The number of alkyl halides is 3. The third-order valence-corrected chi connectivity index (χ3v) is 3.38. The van der Waals surface area contributed by atoms with Crippen LogP contribution in [-0.2, 0) is 0 Å². The summed E-state index contributed by atoms with van der Waals surface area (Å²) in [6.45, 7) is -0.876. The zero-order chi connectivity index (χ0) is 15.0. The van der Waals surface area contributed by atoms with Gasteiger partial charge in [0, 0.05) is 18.5 Å². The molecule has 1 aromatic carbocycles. The minimum atomic E-state index is -4.74. The van der Waals surface area contributed by atoms with Crippen molar-refractivity contribution in [3.05, 3.63) is 29.8 Å². The summed E-state index contributed by atoms with van der Waals surface area (Å²) in [6.07, 6.45) is -5.25. The van der Waals surface area contributed by atoms with Gasteiger partial charge in [-0.1, -0.05) is 6.07 Å². The van der Waals surface area contributed by atoms with Gasteiger partial charge in [-0.05, 0) is 18.2 Å². The van der Waals surface area contributed by atoms with Crippen molar-refractivity contribution in [3.63, 3.8) is 0 Å². The zero-order valence-corrected chi connectivity index (χ0v) is 10.8. The van der Waals surface area contributed by atoms with Crippen molar-refractivity contribution >= 4 is 5.91 Å². The van der Waals surface area contributed by atoms with E-state index in [9.17, 15) is 23.1 Å². The van der Waals surface area contributed by atoms with E-state index in [0.29, 0.717) is 5.75 Å². The van der Waals surface area contributed by atoms with E-state index in [4.69, 9.17) is 4.74 Å². The van der Waals surface area contributed by atoms with Gasteiger partial charge in [0.25, 0.3) is 5.91 Å². The highest BCUT2D eigenvalue weighted by Gasteiger charge is 2.57. The number of benzene rings is 1. The highest BCUT2D eigenvalue weighted by Crippen LogP contribution is 2.38. The highest BCUT2D eigenvalue weighted by atomic mass is 19.4. The Kier molecular flexibility index (Phi) is 3.64. The number of rotatable bonds is 2. The number of carbonyl (C=O) groups excluding carboxylic acids is 1. The van der Waals surface area contributed by atoms with Crippen LogP contribution in [0.25, 0.3) is 0 Å². The van der Waals surface area contributed by atoms with E-state index in [-0.39, 0.29) is 12.1 Å². The predicted molar refractivity (Wildman–Crippen MR) is 64.5 cm³/mol. The van der Waals surface area contributed by atoms with Crippen molar-refractivity contribution in [1.29, 1.82) is 0 Å². The quantitative estimate of drug-likeness (QED) is 0.903. The summed E-state index contributed by atoms with van der Waals surface area (Å²) in [6, 6.07) is 6.16. The molecule has 0 aromatic heterocycles. The molecule has 1 saturated heterocycles. The molecule has 20 heavy (non-hydrogen) atoms. The molecule has 0 spiro atoms. The molecule has 1 N–H and O–H groups in total. The number of halogens is 3. The number of hydrogen-bond acceptors (Lipinski definition) is 3. The maximum atomic E-state index is 12.7. The first-order valence-electron chi connectivity index (χ1n) is 5.99. The van der Waals surface area contributed by atoms with Gasteiger partial charge < -0.3 is 14.7 Å². The largest absolute Gasteiger partial charge is 0.497 e. The Balaban J connectivity index is 2.16. The standard InChI is InChI=1S/C13H14F3NO3/c1-20-10-4-2-3-9(7-10)11(18)17-6-5-12(19,8-17)13(14,15)16/h2-4,7,19H,5-6,8H2,1H3. The molecule has 1 fully saturated rings. The number of β-amino-alcohol motifs (C(OH)–C–C–N with tert-alkyl or cyclic N) is 1. The maximum Gasteiger partial charge on any atom is 0.419 e. The van der Waals surface area contributed by atoms with E-state index in [0.717, 1.165) is 4.90 Å². The monoisotopic (exact) mass is 289 g/mol. The molecule has 110 valence electrons. The number of likely N-dealkylation sites (tertiary alicyclic amines) is 1. The van der Waals surface area contributed by atoms with E-state index in [2.05, 4.69) is 0 Å². The second-order valence-electron chi connectivity index (χ2n) is 4.74. The van der Waals surface area contributed by atoms with E-state index < -0.39 is 30.7 Å². The number of nitrogens with zero attached hydrogens (tertiary/aromatic N) is 1. The van der Waals surface area contributed by atoms with Crippen LogP contribution in [0.4, 0.5) is 13.2 Å². The van der Waals surface area contributed by atoms with Crippen LogP contribution in [0.2, 0.25) is 0 Å². The molecule has 0 bridgehead atoms. The fraction of sp³-hybridized carbons (Fsp3) is 0.462. The van der Waals surface area contributed by atoms with Crippen molar-refractivity contribution in [3.8, 4) is 5.75 Å². The van der Waals surface area contributed by atoms with Gasteiger partial charge in [-0.25, -0.2) is 0 Å². The summed E-state index contributed by atoms with van der Waals surface area (Å²) in [5.74, 6) is -0.106. The fourth-order valence-corrected chi connectivity index (χ4v) is 2.14. The van der Waals surface area contributed by atoms with Crippen LogP contribution < -0.4 is 4.74 Å². The number of aliphatic hydroxyl groups is 1. The fourth-order valence-electron chi connectivity index (χ4n) is 2.14. The van der Waals surface area contributed by atoms with Crippen LogP contribution in [-0.4, -0.2) is 47.9 Å². The third kappa shape index (κ3) is 2.58. The van der Waals surface area contributed by atoms with E-state index >= 15 is 0 Å². The van der Waals surface area contributed by atoms with E-state index in [1.54, 1.807) is 12.1 Å². The first kappa shape index (κ1) is 14.6. The molecule has 4 nitrogen and oxygen atoms in total. The maximum absolute atomic E-state index is 12.7. The lowest BCUT2D eigenvalue weighted by Crippen LogP contribution is -2.48. The van der Waals surface area contributed by atoms with Crippen LogP contribution >= 0.6 is 0 Å². The summed E-state index contributed by atoms with van der Waals surface area (Å²) in [5, 5.41) is 9.55. The van der Waals surface area contributed by atoms with Gasteiger partial charge in [0.2, 0.25) is 0 Å². The first-order valence-corrected chi connectivity index (χ1v) is 5.99. The average Bonchev–Trinajstić information content (AvgIpc) is 2.81. The minimum absolute atomic E-state index is 0.133. The predicted octanol–water partition coefficient (Wildman–Crippen LogP) is 1.83. The molecule has 7 heteroatoms. The summed E-state index contributed by atoms with van der Waals surface area (Å²) < 4.78 is 43.0. The summed E-state index contributed by atoms with van der Waals surface area (Å²) >= 11 is 0. The van der Waals surface area contributed by atoms with Crippen LogP contribution in [0.5, 0.6) is 5.75 Å². The second kappa shape index (κ2) is 4.97. The SMILES string of the molecule is COc1cccc(C(=O)N2CCC(O)(C(F)(F)F)C2)c1. The van der Waals surface area contributed by atoms with Crippen LogP contribution in [0.15, 0.2) is 24.3 Å². The lowest BCUT2D eigenvalue weighted by atomic mass is 10.0. The van der Waals surface area contributed by atoms with Crippen molar-refractivity contribution in [2.45, 2.75) is 18.2 Å². The smallest absolute Gasteiger partial charge is 0.419 e. The van der Waals surface area contributed by atoms with Crippen molar-refractivity contribution < 1.29 is 27.8 Å². The Labute approximate surface area is 113 Å². The minimum Gasteiger partial charge on any atom is -0.497 e. The van der Waals surface area contributed by atoms with Gasteiger partial charge in [-0.15, -0.1) is 0 Å². The molecule has 1 amide bonds. The van der Waals surface area contributed by atoms with Gasteiger partial charge in [-0.3, -0.25) is 4.79 Å². The first-order chi connectivity index (χ1) is 9.27. The second-order valence-corrected chi connectivity index (χ2v) is 4.74. The number of methoxy groups -OCH3 is 1. The van der Waals surface area contributed by atoms with E-state index in [1.807, 2.05) is 0 Å². The molecule has 1 aliphatic heterocycles. The molecule has 0 saturated carbocycles. The lowest BCUT2D eigenvalue weighted by Gasteiger charge is -2.25. The van der Waals surface area contributed by atoms with Gasteiger partial charge in [0.05, 0.1) is 13.7 Å². The Bertz CT molecular complexity index is 518. The zero-order valence-electron chi connectivity index (χ0n) is 10.8. The van der Waals surface area contributed by atoms with Crippen LogP contribution in [0.1, 0.15) is 16.8 Å². The highest BCUT2D eigenvalue weighted by molar-refractivity contribution is 5.94. The molecule has 0 aliphatic carbocycles. The van der Waals surface area contributed by atoms with Gasteiger partial charge >= 0.3 is 6.18 Å². The number of hydrogen-bond donors (Lipinski definition) is 1. The van der Waals surface area contributed by atoms with Gasteiger partial charge in [0.15, 0.2) is 5.60 Å². The Morgan fingerprint density at radius 1 is 1.45 bits per heavy atom. The molecule has 1 heterocycles. The molecule has 1 aliphatic rings. The molecule has 2 rings (SSSR count). The van der Waals surface area contributed by atoms with Crippen LogP contribution in [0.3, 0.4) is 0 Å².